The Morgan fingerprint density at radius 3 is 3.00 bits per heavy atom. The first kappa shape index (κ1) is 10.5. The van der Waals surface area contributed by atoms with E-state index in [0.29, 0.717) is 11.4 Å². The van der Waals surface area contributed by atoms with E-state index in [1.54, 1.807) is 17.9 Å². The molecular formula is C8H13N3O3. The molecule has 1 aromatic heterocycles. The molecule has 3 N–H and O–H groups in total. The van der Waals surface area contributed by atoms with Crippen molar-refractivity contribution >= 4 is 5.97 Å². The Morgan fingerprint density at radius 2 is 2.50 bits per heavy atom. The molecule has 0 aliphatic rings. The third kappa shape index (κ3) is 2.23. The minimum atomic E-state index is -1.03. The van der Waals surface area contributed by atoms with Crippen molar-refractivity contribution in [2.45, 2.75) is 12.5 Å². The van der Waals surface area contributed by atoms with Gasteiger partial charge in [0.1, 0.15) is 6.04 Å². The molecule has 6 heteroatoms. The predicted molar refractivity (Wildman–Crippen MR) is 49.1 cm³/mol. The van der Waals surface area contributed by atoms with Crippen molar-refractivity contribution in [3.63, 3.8) is 0 Å². The second-order valence-electron chi connectivity index (χ2n) is 2.99. The number of nitrogens with zero attached hydrogens (tertiary/aromatic N) is 2. The largest absolute Gasteiger partial charge is 0.480 e. The standard InChI is InChI=1S/C8H13N3O3/c1-11-4-5(7(10-11)14-2)3-6(9)8(12)13/h4,6H,3,9H2,1-2H3,(H,12,13). The van der Waals surface area contributed by atoms with Crippen LogP contribution in [-0.2, 0) is 18.3 Å². The van der Waals surface area contributed by atoms with E-state index < -0.39 is 12.0 Å². The number of carbonyl (C=O) groups is 1. The first-order chi connectivity index (χ1) is 6.54. The molecule has 1 unspecified atom stereocenters. The van der Waals surface area contributed by atoms with Gasteiger partial charge in [-0.05, 0) is 0 Å². The maximum atomic E-state index is 10.5. The first-order valence-electron chi connectivity index (χ1n) is 4.09. The fraction of sp³-hybridized carbons (Fsp3) is 0.500. The monoisotopic (exact) mass is 199 g/mol. The van der Waals surface area contributed by atoms with Crippen molar-refractivity contribution in [3.05, 3.63) is 11.8 Å². The van der Waals surface area contributed by atoms with Crippen molar-refractivity contribution in [1.82, 2.24) is 9.78 Å². The second-order valence-corrected chi connectivity index (χ2v) is 2.99. The van der Waals surface area contributed by atoms with Crippen LogP contribution in [0.5, 0.6) is 5.88 Å². The summed E-state index contributed by atoms with van der Waals surface area (Å²) in [6.45, 7) is 0. The number of aryl methyl sites for hydroxylation is 1. The minimum absolute atomic E-state index is 0.215. The van der Waals surface area contributed by atoms with E-state index in [1.807, 2.05) is 0 Å². The van der Waals surface area contributed by atoms with E-state index in [-0.39, 0.29) is 6.42 Å². The summed E-state index contributed by atoms with van der Waals surface area (Å²) < 4.78 is 6.52. The van der Waals surface area contributed by atoms with Crippen LogP contribution in [-0.4, -0.2) is 34.0 Å². The number of aromatic nitrogens is 2. The average molecular weight is 199 g/mol. The number of carboxylic acid groups (broad SMARTS) is 1. The van der Waals surface area contributed by atoms with Crippen molar-refractivity contribution in [3.8, 4) is 5.88 Å². The maximum absolute atomic E-state index is 10.5. The molecule has 0 fully saturated rings. The number of hydrogen-bond donors (Lipinski definition) is 2. The molecule has 0 saturated carbocycles. The SMILES string of the molecule is COc1nn(C)cc1CC(N)C(=O)O. The van der Waals surface area contributed by atoms with Crippen LogP contribution in [0.1, 0.15) is 5.56 Å². The van der Waals surface area contributed by atoms with Crippen LogP contribution >= 0.6 is 0 Å². The van der Waals surface area contributed by atoms with Crippen molar-refractivity contribution < 1.29 is 14.6 Å². The highest BCUT2D eigenvalue weighted by molar-refractivity contribution is 5.73. The molecule has 1 rings (SSSR count). The van der Waals surface area contributed by atoms with Crippen LogP contribution in [0.25, 0.3) is 0 Å². The molecule has 0 bridgehead atoms. The molecule has 1 heterocycles. The van der Waals surface area contributed by atoms with Crippen molar-refractivity contribution in [1.29, 1.82) is 0 Å². The summed E-state index contributed by atoms with van der Waals surface area (Å²) in [7, 11) is 3.22. The van der Waals surface area contributed by atoms with E-state index in [2.05, 4.69) is 5.10 Å². The Labute approximate surface area is 81.3 Å². The van der Waals surface area contributed by atoms with Crippen LogP contribution in [0.15, 0.2) is 6.20 Å². The Hall–Kier alpha value is -1.56. The molecule has 0 saturated heterocycles. The Morgan fingerprint density at radius 1 is 1.86 bits per heavy atom. The fourth-order valence-electron chi connectivity index (χ4n) is 1.15. The summed E-state index contributed by atoms with van der Waals surface area (Å²) in [5.41, 5.74) is 6.09. The lowest BCUT2D eigenvalue weighted by Gasteiger charge is -2.04. The summed E-state index contributed by atoms with van der Waals surface area (Å²) in [6, 6.07) is -0.923. The topological polar surface area (TPSA) is 90.4 Å². The van der Waals surface area contributed by atoms with Crippen LogP contribution in [0, 0.1) is 0 Å². The zero-order chi connectivity index (χ0) is 10.7. The quantitative estimate of drug-likeness (QED) is 0.674. The number of ether oxygens (including phenoxy) is 1. The smallest absolute Gasteiger partial charge is 0.320 e. The van der Waals surface area contributed by atoms with Gasteiger partial charge >= 0.3 is 5.97 Å². The van der Waals surface area contributed by atoms with Gasteiger partial charge in [-0.15, -0.1) is 5.10 Å². The zero-order valence-electron chi connectivity index (χ0n) is 8.10. The predicted octanol–water partition coefficient (Wildman–Crippen LogP) is -0.617. The highest BCUT2D eigenvalue weighted by Crippen LogP contribution is 2.16. The lowest BCUT2D eigenvalue weighted by molar-refractivity contribution is -0.138. The maximum Gasteiger partial charge on any atom is 0.320 e. The van der Waals surface area contributed by atoms with E-state index in [9.17, 15) is 4.79 Å². The third-order valence-corrected chi connectivity index (χ3v) is 1.82. The van der Waals surface area contributed by atoms with Crippen LogP contribution < -0.4 is 10.5 Å². The van der Waals surface area contributed by atoms with Crippen LogP contribution in [0.4, 0.5) is 0 Å². The van der Waals surface area contributed by atoms with Crippen molar-refractivity contribution in [2.24, 2.45) is 12.8 Å². The molecule has 1 atom stereocenters. The van der Waals surface area contributed by atoms with E-state index >= 15 is 0 Å². The van der Waals surface area contributed by atoms with Gasteiger partial charge in [-0.25, -0.2) is 0 Å². The van der Waals surface area contributed by atoms with Gasteiger partial charge in [-0.1, -0.05) is 0 Å². The van der Waals surface area contributed by atoms with Gasteiger partial charge in [0.15, 0.2) is 0 Å². The number of rotatable bonds is 4. The summed E-state index contributed by atoms with van der Waals surface area (Å²) >= 11 is 0. The van der Waals surface area contributed by atoms with Crippen molar-refractivity contribution in [2.75, 3.05) is 7.11 Å². The lowest BCUT2D eigenvalue weighted by atomic mass is 10.1. The molecule has 14 heavy (non-hydrogen) atoms. The minimum Gasteiger partial charge on any atom is -0.480 e. The highest BCUT2D eigenvalue weighted by Gasteiger charge is 2.17. The Kier molecular flexibility index (Phi) is 3.08. The summed E-state index contributed by atoms with van der Waals surface area (Å²) in [5, 5.41) is 12.6. The van der Waals surface area contributed by atoms with E-state index in [0.717, 1.165) is 0 Å². The highest BCUT2D eigenvalue weighted by atomic mass is 16.5. The van der Waals surface area contributed by atoms with Gasteiger partial charge in [0.2, 0.25) is 5.88 Å². The van der Waals surface area contributed by atoms with Gasteiger partial charge in [-0.2, -0.15) is 0 Å². The fourth-order valence-corrected chi connectivity index (χ4v) is 1.15. The molecule has 0 radical (unpaired) electrons. The molecule has 0 amide bonds. The van der Waals surface area contributed by atoms with Gasteiger partial charge in [0.05, 0.1) is 7.11 Å². The Balaban J connectivity index is 2.79. The van der Waals surface area contributed by atoms with Crippen LogP contribution in [0.2, 0.25) is 0 Å². The third-order valence-electron chi connectivity index (χ3n) is 1.82. The first-order valence-corrected chi connectivity index (χ1v) is 4.09. The Bertz CT molecular complexity index is 335. The number of nitrogens with two attached hydrogens (primary N) is 1. The molecule has 0 spiro atoms. The number of carboxylic acids is 1. The van der Waals surface area contributed by atoms with E-state index in [1.165, 1.54) is 7.11 Å². The molecule has 6 nitrogen and oxygen atoms in total. The number of hydrogen-bond acceptors (Lipinski definition) is 4. The summed E-state index contributed by atoms with van der Waals surface area (Å²) in [6.07, 6.45) is 1.91. The molecule has 1 aromatic rings. The number of aliphatic carboxylic acids is 1. The summed E-state index contributed by atoms with van der Waals surface area (Å²) in [4.78, 5) is 10.5. The molecular weight excluding hydrogens is 186 g/mol. The molecule has 78 valence electrons. The molecule has 0 aliphatic heterocycles. The van der Waals surface area contributed by atoms with E-state index in [4.69, 9.17) is 15.6 Å². The molecule has 0 aliphatic carbocycles. The lowest BCUT2D eigenvalue weighted by Crippen LogP contribution is -2.32. The van der Waals surface area contributed by atoms with Gasteiger partial charge in [0, 0.05) is 25.2 Å². The van der Waals surface area contributed by atoms with Gasteiger partial charge < -0.3 is 15.6 Å². The number of methoxy groups -OCH3 is 1. The normalized spacial score (nSPS) is 12.5. The second kappa shape index (κ2) is 4.10. The zero-order valence-corrected chi connectivity index (χ0v) is 8.10. The van der Waals surface area contributed by atoms with Gasteiger partial charge in [-0.3, -0.25) is 9.48 Å². The summed E-state index contributed by atoms with van der Waals surface area (Å²) in [5.74, 6) is -0.611. The van der Waals surface area contributed by atoms with Gasteiger partial charge in [0.25, 0.3) is 0 Å². The molecule has 0 aromatic carbocycles. The average Bonchev–Trinajstić information content (AvgIpc) is 2.45. The van der Waals surface area contributed by atoms with Crippen LogP contribution in [0.3, 0.4) is 0 Å².